The maximum atomic E-state index is 12.8. The summed E-state index contributed by atoms with van der Waals surface area (Å²) in [6.45, 7) is 4.41. The third-order valence-corrected chi connectivity index (χ3v) is 5.75. The van der Waals surface area contributed by atoms with E-state index in [1.165, 1.54) is 0 Å². The number of piperazine rings is 1. The Bertz CT molecular complexity index is 1040. The zero-order valence-electron chi connectivity index (χ0n) is 15.9. The summed E-state index contributed by atoms with van der Waals surface area (Å²) in [5, 5.41) is 0.608. The molecule has 29 heavy (non-hydrogen) atoms. The number of aromatic nitrogens is 2. The van der Waals surface area contributed by atoms with Gasteiger partial charge in [-0.1, -0.05) is 23.7 Å². The van der Waals surface area contributed by atoms with E-state index in [1.807, 2.05) is 29.2 Å². The van der Waals surface area contributed by atoms with E-state index >= 15 is 0 Å². The Balaban J connectivity index is 1.37. The van der Waals surface area contributed by atoms with Gasteiger partial charge in [0.1, 0.15) is 11.6 Å². The molecule has 0 radical (unpaired) electrons. The Hall–Kier alpha value is -2.38. The first-order valence-electron chi connectivity index (χ1n) is 9.38. The molecule has 1 unspecified atom stereocenters. The van der Waals surface area contributed by atoms with Crippen molar-refractivity contribution in [3.63, 3.8) is 0 Å². The second-order valence-corrected chi connectivity index (χ2v) is 8.15. The molecule has 0 saturated carbocycles. The normalized spacial score (nSPS) is 15.4. The number of anilines is 1. The quantitative estimate of drug-likeness (QED) is 0.567. The van der Waals surface area contributed by atoms with E-state index in [0.717, 1.165) is 21.3 Å². The average molecular weight is 476 g/mol. The van der Waals surface area contributed by atoms with Gasteiger partial charge >= 0.3 is 0 Å². The summed E-state index contributed by atoms with van der Waals surface area (Å²) < 4.78 is 6.57. The minimum atomic E-state index is -0.584. The third-order valence-electron chi connectivity index (χ3n) is 4.90. The highest BCUT2D eigenvalue weighted by Crippen LogP contribution is 2.29. The number of ether oxygens (including phenoxy) is 1. The van der Waals surface area contributed by atoms with Gasteiger partial charge in [-0.05, 0) is 53.2 Å². The van der Waals surface area contributed by atoms with Crippen LogP contribution in [0.25, 0.3) is 11.0 Å². The highest BCUT2D eigenvalue weighted by Gasteiger charge is 2.27. The Kier molecular flexibility index (Phi) is 5.87. The molecule has 1 aromatic heterocycles. The number of benzene rings is 2. The molecule has 1 amide bonds. The lowest BCUT2D eigenvalue weighted by atomic mass is 10.2. The number of rotatable bonds is 4. The summed E-state index contributed by atoms with van der Waals surface area (Å²) in [7, 11) is 0. The molecule has 1 aliphatic heterocycles. The Labute approximate surface area is 182 Å². The average Bonchev–Trinajstić information content (AvgIpc) is 2.75. The number of hydrogen-bond acceptors (Lipinski definition) is 5. The summed E-state index contributed by atoms with van der Waals surface area (Å²) in [6, 6.07) is 13.1. The molecule has 1 aliphatic rings. The molecule has 1 fully saturated rings. The van der Waals surface area contributed by atoms with Crippen LogP contribution in [-0.4, -0.2) is 53.1 Å². The second-order valence-electron chi connectivity index (χ2n) is 6.86. The molecule has 0 spiro atoms. The first-order valence-corrected chi connectivity index (χ1v) is 10.6. The molecular formula is C21H20BrClN4O2. The van der Waals surface area contributed by atoms with Crippen molar-refractivity contribution >= 4 is 50.3 Å². The van der Waals surface area contributed by atoms with Gasteiger partial charge in [0.05, 0.1) is 21.7 Å². The van der Waals surface area contributed by atoms with Crippen LogP contribution in [-0.2, 0) is 4.79 Å². The predicted molar refractivity (Wildman–Crippen MR) is 118 cm³/mol. The van der Waals surface area contributed by atoms with Gasteiger partial charge < -0.3 is 14.5 Å². The van der Waals surface area contributed by atoms with Gasteiger partial charge in [-0.25, -0.2) is 4.98 Å². The van der Waals surface area contributed by atoms with Crippen molar-refractivity contribution in [1.29, 1.82) is 0 Å². The molecule has 2 heterocycles. The highest BCUT2D eigenvalue weighted by molar-refractivity contribution is 9.10. The van der Waals surface area contributed by atoms with Crippen LogP contribution in [0.3, 0.4) is 0 Å². The van der Waals surface area contributed by atoms with Gasteiger partial charge in [0.25, 0.3) is 5.91 Å². The van der Waals surface area contributed by atoms with Crippen molar-refractivity contribution in [3.8, 4) is 5.75 Å². The van der Waals surface area contributed by atoms with Gasteiger partial charge in [0, 0.05) is 31.2 Å². The minimum absolute atomic E-state index is 0.0314. The van der Waals surface area contributed by atoms with Crippen LogP contribution in [0.15, 0.2) is 53.1 Å². The zero-order valence-corrected chi connectivity index (χ0v) is 18.2. The lowest BCUT2D eigenvalue weighted by Crippen LogP contribution is -2.52. The Morgan fingerprint density at radius 1 is 1.14 bits per heavy atom. The molecule has 6 nitrogen and oxygen atoms in total. The first-order chi connectivity index (χ1) is 14.0. The van der Waals surface area contributed by atoms with Crippen molar-refractivity contribution < 1.29 is 9.53 Å². The van der Waals surface area contributed by atoms with Gasteiger partial charge in [0.2, 0.25) is 0 Å². The number of nitrogens with zero attached hydrogens (tertiary/aromatic N) is 4. The van der Waals surface area contributed by atoms with Crippen LogP contribution in [0, 0.1) is 0 Å². The van der Waals surface area contributed by atoms with E-state index in [0.29, 0.717) is 37.0 Å². The Morgan fingerprint density at radius 3 is 2.59 bits per heavy atom. The standard InChI is InChI=1S/C21H20BrClN4O2/c1-14(29-19-7-6-15(23)12-16(19)22)21(28)27-10-8-26(9-11-27)20-13-24-17-4-2-3-5-18(17)25-20/h2-7,12-14H,8-11H2,1H3. The van der Waals surface area contributed by atoms with Crippen molar-refractivity contribution in [3.05, 3.63) is 58.2 Å². The van der Waals surface area contributed by atoms with Crippen molar-refractivity contribution in [2.24, 2.45) is 0 Å². The molecule has 4 rings (SSSR count). The minimum Gasteiger partial charge on any atom is -0.480 e. The topological polar surface area (TPSA) is 58.6 Å². The SMILES string of the molecule is CC(Oc1ccc(Cl)cc1Br)C(=O)N1CCN(c2cnc3ccccc3n2)CC1. The number of hydrogen-bond donors (Lipinski definition) is 0. The van der Waals surface area contributed by atoms with Crippen LogP contribution < -0.4 is 9.64 Å². The van der Waals surface area contributed by atoms with Gasteiger partial charge in [-0.3, -0.25) is 9.78 Å². The van der Waals surface area contributed by atoms with E-state index in [4.69, 9.17) is 21.3 Å². The highest BCUT2D eigenvalue weighted by atomic mass is 79.9. The summed E-state index contributed by atoms with van der Waals surface area (Å²) in [5.41, 5.74) is 1.75. The molecular weight excluding hydrogens is 456 g/mol. The fraction of sp³-hybridized carbons (Fsp3) is 0.286. The molecule has 0 N–H and O–H groups in total. The monoisotopic (exact) mass is 474 g/mol. The number of fused-ring (bicyclic) bond motifs is 1. The number of halogens is 2. The van der Waals surface area contributed by atoms with Gasteiger partial charge in [-0.2, -0.15) is 0 Å². The van der Waals surface area contributed by atoms with Crippen LogP contribution in [0.5, 0.6) is 5.75 Å². The third kappa shape index (κ3) is 4.46. The molecule has 1 atom stereocenters. The number of para-hydroxylation sites is 2. The summed E-state index contributed by atoms with van der Waals surface area (Å²) in [4.78, 5) is 26.0. The van der Waals surface area contributed by atoms with E-state index in [2.05, 4.69) is 25.8 Å². The van der Waals surface area contributed by atoms with Crippen LogP contribution in [0.4, 0.5) is 5.82 Å². The lowest BCUT2D eigenvalue weighted by Gasteiger charge is -2.36. The molecule has 2 aromatic carbocycles. The summed E-state index contributed by atoms with van der Waals surface area (Å²) in [5.74, 6) is 1.40. The van der Waals surface area contributed by atoms with Crippen molar-refractivity contribution in [2.75, 3.05) is 31.1 Å². The van der Waals surface area contributed by atoms with Crippen molar-refractivity contribution in [1.82, 2.24) is 14.9 Å². The van der Waals surface area contributed by atoms with E-state index < -0.39 is 6.10 Å². The van der Waals surface area contributed by atoms with Gasteiger partial charge in [0.15, 0.2) is 6.10 Å². The largest absolute Gasteiger partial charge is 0.480 e. The van der Waals surface area contributed by atoms with E-state index in [-0.39, 0.29) is 5.91 Å². The molecule has 1 saturated heterocycles. The first kappa shape index (κ1) is 19.9. The number of carbonyl (C=O) groups excluding carboxylic acids is 1. The lowest BCUT2D eigenvalue weighted by molar-refractivity contribution is -0.138. The molecule has 8 heteroatoms. The zero-order chi connectivity index (χ0) is 20.4. The van der Waals surface area contributed by atoms with Crippen LogP contribution in [0.1, 0.15) is 6.92 Å². The Morgan fingerprint density at radius 2 is 1.86 bits per heavy atom. The maximum absolute atomic E-state index is 12.8. The maximum Gasteiger partial charge on any atom is 0.263 e. The molecule has 0 bridgehead atoms. The van der Waals surface area contributed by atoms with Crippen LogP contribution >= 0.6 is 27.5 Å². The van der Waals surface area contributed by atoms with Gasteiger partial charge in [-0.15, -0.1) is 0 Å². The number of carbonyl (C=O) groups is 1. The summed E-state index contributed by atoms with van der Waals surface area (Å²) >= 11 is 9.38. The molecule has 0 aliphatic carbocycles. The van der Waals surface area contributed by atoms with Crippen molar-refractivity contribution in [2.45, 2.75) is 13.0 Å². The molecule has 150 valence electrons. The number of amides is 1. The fourth-order valence-corrected chi connectivity index (χ4v) is 4.10. The molecule has 3 aromatic rings. The van der Waals surface area contributed by atoms with E-state index in [9.17, 15) is 4.79 Å². The predicted octanol–water partition coefficient (Wildman–Crippen LogP) is 4.16. The second kappa shape index (κ2) is 8.55. The van der Waals surface area contributed by atoms with Crippen LogP contribution in [0.2, 0.25) is 5.02 Å². The van der Waals surface area contributed by atoms with E-state index in [1.54, 1.807) is 31.3 Å². The summed E-state index contributed by atoms with van der Waals surface area (Å²) in [6.07, 6.45) is 1.21. The fourth-order valence-electron chi connectivity index (χ4n) is 3.32. The smallest absolute Gasteiger partial charge is 0.263 e.